The van der Waals surface area contributed by atoms with Crippen molar-refractivity contribution in [2.75, 3.05) is 18.9 Å². The molecule has 0 atom stereocenters. The van der Waals surface area contributed by atoms with Crippen LogP contribution in [0.2, 0.25) is 0 Å². The lowest BCUT2D eigenvalue weighted by Gasteiger charge is -2.01. The van der Waals surface area contributed by atoms with Gasteiger partial charge in [0, 0.05) is 12.1 Å². The average Bonchev–Trinajstić information content (AvgIpc) is 2.11. The highest BCUT2D eigenvalue weighted by atomic mass is 32.2. The predicted octanol–water partition coefficient (Wildman–Crippen LogP) is -0.678. The first-order chi connectivity index (χ1) is 6.39. The highest BCUT2D eigenvalue weighted by molar-refractivity contribution is 7.86. The van der Waals surface area contributed by atoms with Gasteiger partial charge in [0.2, 0.25) is 0 Å². The zero-order valence-corrected chi connectivity index (χ0v) is 8.58. The van der Waals surface area contributed by atoms with Gasteiger partial charge in [-0.05, 0) is 6.92 Å². The largest absolute Gasteiger partial charge is 0.478 e. The molecule has 0 aromatic carbocycles. The Morgan fingerprint density at radius 2 is 2.14 bits per heavy atom. The second-order valence-corrected chi connectivity index (χ2v) is 4.21. The summed E-state index contributed by atoms with van der Waals surface area (Å²) in [7, 11) is -3.69. The highest BCUT2D eigenvalue weighted by Crippen LogP contribution is 1.98. The van der Waals surface area contributed by atoms with Crippen LogP contribution in [0.15, 0.2) is 11.6 Å². The quantitative estimate of drug-likeness (QED) is 0.456. The van der Waals surface area contributed by atoms with Gasteiger partial charge < -0.3 is 10.8 Å². The molecule has 0 aromatic rings. The molecule has 0 aromatic heterocycles. The summed E-state index contributed by atoms with van der Waals surface area (Å²) >= 11 is 0. The molecule has 3 N–H and O–H groups in total. The summed E-state index contributed by atoms with van der Waals surface area (Å²) in [6.45, 7) is 1.31. The molecule has 0 aliphatic rings. The van der Waals surface area contributed by atoms with E-state index >= 15 is 0 Å². The maximum Gasteiger partial charge on any atom is 0.330 e. The third kappa shape index (κ3) is 5.68. The normalized spacial score (nSPS) is 12.9. The average molecular weight is 223 g/mol. The van der Waals surface area contributed by atoms with Crippen LogP contribution >= 0.6 is 0 Å². The fourth-order valence-electron chi connectivity index (χ4n) is 0.538. The number of nitrogens with two attached hydrogens (primary N) is 1. The Labute approximate surface area is 82.5 Å². The van der Waals surface area contributed by atoms with Crippen molar-refractivity contribution < 1.29 is 22.5 Å². The third-order valence-corrected chi connectivity index (χ3v) is 2.41. The van der Waals surface area contributed by atoms with Gasteiger partial charge in [0.05, 0.1) is 12.4 Å². The molecular weight excluding hydrogens is 210 g/mol. The molecule has 14 heavy (non-hydrogen) atoms. The van der Waals surface area contributed by atoms with E-state index in [4.69, 9.17) is 10.8 Å². The molecule has 0 saturated carbocycles. The number of hydrogen-bond donors (Lipinski definition) is 2. The van der Waals surface area contributed by atoms with E-state index in [0.29, 0.717) is 0 Å². The van der Waals surface area contributed by atoms with Crippen LogP contribution in [0, 0.1) is 0 Å². The Bertz CT molecular complexity index is 319. The zero-order valence-electron chi connectivity index (χ0n) is 7.76. The molecular formula is C7H13NO5S. The van der Waals surface area contributed by atoms with Crippen LogP contribution in [-0.4, -0.2) is 38.4 Å². The molecule has 82 valence electrons. The fourth-order valence-corrected chi connectivity index (χ4v) is 1.44. The van der Waals surface area contributed by atoms with E-state index in [1.165, 1.54) is 6.92 Å². The van der Waals surface area contributed by atoms with Crippen LogP contribution in [0.4, 0.5) is 0 Å². The van der Waals surface area contributed by atoms with Gasteiger partial charge in [-0.25, -0.2) is 4.79 Å². The SMILES string of the molecule is CC(=CCS(=O)(=O)OCCN)C(=O)O. The van der Waals surface area contributed by atoms with E-state index in [2.05, 4.69) is 4.18 Å². The van der Waals surface area contributed by atoms with Crippen LogP contribution in [-0.2, 0) is 19.1 Å². The van der Waals surface area contributed by atoms with E-state index in [0.717, 1.165) is 6.08 Å². The minimum absolute atomic E-state index is 0.0371. The summed E-state index contributed by atoms with van der Waals surface area (Å²) < 4.78 is 26.4. The first-order valence-electron chi connectivity index (χ1n) is 3.86. The number of carbonyl (C=O) groups is 1. The van der Waals surface area contributed by atoms with Crippen molar-refractivity contribution in [1.29, 1.82) is 0 Å². The highest BCUT2D eigenvalue weighted by Gasteiger charge is 2.09. The van der Waals surface area contributed by atoms with E-state index < -0.39 is 21.8 Å². The summed E-state index contributed by atoms with van der Waals surface area (Å²) in [6, 6.07) is 0. The standard InChI is InChI=1S/C7H13NO5S/c1-6(7(9)10)2-5-14(11,12)13-4-3-8/h2H,3-5,8H2,1H3,(H,9,10). The van der Waals surface area contributed by atoms with E-state index in [-0.39, 0.29) is 18.7 Å². The molecule has 0 saturated heterocycles. The summed E-state index contributed by atoms with van der Waals surface area (Å²) in [5.74, 6) is -1.61. The number of rotatable bonds is 6. The van der Waals surface area contributed by atoms with Crippen molar-refractivity contribution in [2.24, 2.45) is 5.73 Å². The van der Waals surface area contributed by atoms with Gasteiger partial charge in [-0.1, -0.05) is 6.08 Å². The van der Waals surface area contributed by atoms with Crippen LogP contribution in [0.3, 0.4) is 0 Å². The van der Waals surface area contributed by atoms with Gasteiger partial charge in [0.25, 0.3) is 10.1 Å². The van der Waals surface area contributed by atoms with Gasteiger partial charge in [0.1, 0.15) is 0 Å². The molecule has 0 heterocycles. The van der Waals surface area contributed by atoms with Crippen LogP contribution in [0.5, 0.6) is 0 Å². The maximum atomic E-state index is 11.0. The summed E-state index contributed by atoms with van der Waals surface area (Å²) in [4.78, 5) is 10.3. The maximum absolute atomic E-state index is 11.0. The summed E-state index contributed by atoms with van der Waals surface area (Å²) in [6.07, 6.45) is 1.08. The van der Waals surface area contributed by atoms with Crippen molar-refractivity contribution in [3.8, 4) is 0 Å². The van der Waals surface area contributed by atoms with E-state index in [1.807, 2.05) is 0 Å². The Morgan fingerprint density at radius 1 is 1.57 bits per heavy atom. The molecule has 6 nitrogen and oxygen atoms in total. The molecule has 0 rings (SSSR count). The smallest absolute Gasteiger partial charge is 0.330 e. The number of aliphatic carboxylic acids is 1. The molecule has 0 amide bonds. The van der Waals surface area contributed by atoms with Crippen molar-refractivity contribution in [3.63, 3.8) is 0 Å². The lowest BCUT2D eigenvalue weighted by molar-refractivity contribution is -0.132. The first kappa shape index (κ1) is 13.1. The Balaban J connectivity index is 4.25. The Hall–Kier alpha value is -0.920. The van der Waals surface area contributed by atoms with Crippen molar-refractivity contribution in [2.45, 2.75) is 6.92 Å². The molecule has 0 aliphatic carbocycles. The number of carboxylic acids is 1. The topological polar surface area (TPSA) is 107 Å². The first-order valence-corrected chi connectivity index (χ1v) is 5.44. The lowest BCUT2D eigenvalue weighted by Crippen LogP contribution is -2.16. The lowest BCUT2D eigenvalue weighted by atomic mass is 10.3. The minimum Gasteiger partial charge on any atom is -0.478 e. The molecule has 0 bridgehead atoms. The Morgan fingerprint density at radius 3 is 2.57 bits per heavy atom. The second kappa shape index (κ2) is 5.74. The van der Waals surface area contributed by atoms with Gasteiger partial charge in [-0.3, -0.25) is 4.18 Å². The van der Waals surface area contributed by atoms with Gasteiger partial charge in [-0.15, -0.1) is 0 Å². The molecule has 0 aliphatic heterocycles. The molecule has 0 unspecified atom stereocenters. The van der Waals surface area contributed by atoms with Crippen molar-refractivity contribution >= 4 is 16.1 Å². The molecule has 0 radical (unpaired) electrons. The summed E-state index contributed by atoms with van der Waals surface area (Å²) in [5.41, 5.74) is 5.00. The van der Waals surface area contributed by atoms with Crippen LogP contribution in [0.1, 0.15) is 6.92 Å². The van der Waals surface area contributed by atoms with Crippen LogP contribution < -0.4 is 5.73 Å². The third-order valence-electron chi connectivity index (χ3n) is 1.31. The van der Waals surface area contributed by atoms with Gasteiger partial charge in [0.15, 0.2) is 0 Å². The van der Waals surface area contributed by atoms with Crippen LogP contribution in [0.25, 0.3) is 0 Å². The van der Waals surface area contributed by atoms with E-state index in [1.54, 1.807) is 0 Å². The Kier molecular flexibility index (Phi) is 5.36. The van der Waals surface area contributed by atoms with E-state index in [9.17, 15) is 13.2 Å². The molecule has 0 spiro atoms. The monoisotopic (exact) mass is 223 g/mol. The number of hydrogen-bond acceptors (Lipinski definition) is 5. The minimum atomic E-state index is -3.69. The second-order valence-electron chi connectivity index (χ2n) is 2.53. The predicted molar refractivity (Wildman–Crippen MR) is 50.2 cm³/mol. The van der Waals surface area contributed by atoms with Gasteiger partial charge in [-0.2, -0.15) is 8.42 Å². The summed E-state index contributed by atoms with van der Waals surface area (Å²) in [5, 5.41) is 8.43. The zero-order chi connectivity index (χ0) is 11.2. The fraction of sp³-hybridized carbons (Fsp3) is 0.571. The molecule has 0 fully saturated rings. The van der Waals surface area contributed by atoms with Crippen molar-refractivity contribution in [3.05, 3.63) is 11.6 Å². The van der Waals surface area contributed by atoms with Crippen molar-refractivity contribution in [1.82, 2.24) is 0 Å². The number of carboxylic acid groups (broad SMARTS) is 1. The van der Waals surface area contributed by atoms with Gasteiger partial charge >= 0.3 is 5.97 Å². The molecule has 7 heteroatoms.